The lowest BCUT2D eigenvalue weighted by Crippen LogP contribution is -2.41. The molecule has 138 valence electrons. The van der Waals surface area contributed by atoms with Crippen molar-refractivity contribution in [3.63, 3.8) is 0 Å². The highest BCUT2D eigenvalue weighted by Crippen LogP contribution is 2.39. The van der Waals surface area contributed by atoms with Crippen LogP contribution in [0.1, 0.15) is 42.2 Å². The average Bonchev–Trinajstić information content (AvgIpc) is 3.14. The van der Waals surface area contributed by atoms with Crippen molar-refractivity contribution in [2.24, 2.45) is 0 Å². The number of fused-ring (bicyclic) bond motifs is 1. The Labute approximate surface area is 155 Å². The van der Waals surface area contributed by atoms with Crippen molar-refractivity contribution in [3.05, 3.63) is 66.1 Å². The molecule has 1 amide bonds. The number of amides is 1. The molecule has 7 nitrogen and oxygen atoms in total. The zero-order valence-electron chi connectivity index (χ0n) is 14.9. The largest absolute Gasteiger partial charge is 0.487 e. The van der Waals surface area contributed by atoms with Crippen LogP contribution in [-0.2, 0) is 0 Å². The second kappa shape index (κ2) is 6.46. The van der Waals surface area contributed by atoms with E-state index in [0.29, 0.717) is 23.6 Å². The highest BCUT2D eigenvalue weighted by Gasteiger charge is 2.35. The fraction of sp³-hybridized carbons (Fsp3) is 0.263. The molecule has 1 aliphatic rings. The monoisotopic (exact) mass is 367 g/mol. The van der Waals surface area contributed by atoms with Gasteiger partial charge in [-0.15, -0.1) is 0 Å². The number of hydrogen-bond donors (Lipinski definition) is 1. The van der Waals surface area contributed by atoms with Gasteiger partial charge in [0.2, 0.25) is 0 Å². The van der Waals surface area contributed by atoms with Gasteiger partial charge in [0, 0.05) is 24.2 Å². The first-order chi connectivity index (χ1) is 12.9. The van der Waals surface area contributed by atoms with Crippen molar-refractivity contribution >= 4 is 5.91 Å². The first kappa shape index (κ1) is 17.1. The molecule has 0 fully saturated rings. The molecule has 27 heavy (non-hydrogen) atoms. The van der Waals surface area contributed by atoms with E-state index in [1.54, 1.807) is 24.4 Å². The van der Waals surface area contributed by atoms with Crippen molar-refractivity contribution in [2.45, 2.75) is 31.9 Å². The first-order valence-electron chi connectivity index (χ1n) is 8.52. The van der Waals surface area contributed by atoms with E-state index >= 15 is 0 Å². The Kier molecular flexibility index (Phi) is 4.10. The second-order valence-electron chi connectivity index (χ2n) is 6.99. The molecule has 4 rings (SSSR count). The van der Waals surface area contributed by atoms with Gasteiger partial charge in [0.25, 0.3) is 5.91 Å². The van der Waals surface area contributed by atoms with E-state index in [-0.39, 0.29) is 17.8 Å². The summed E-state index contributed by atoms with van der Waals surface area (Å²) >= 11 is 0. The van der Waals surface area contributed by atoms with E-state index in [1.807, 2.05) is 13.8 Å². The molecule has 1 aromatic carbocycles. The molecule has 8 heteroatoms. The van der Waals surface area contributed by atoms with Gasteiger partial charge in [0.1, 0.15) is 29.8 Å². The zero-order chi connectivity index (χ0) is 19.0. The maximum absolute atomic E-state index is 13.6. The standard InChI is InChI=1S/C19H18FN5O2/c1-19(2)9-15(13-6-5-12(20)8-16(13)27-19)24-18(26)14-4-3-7-22-17(14)25-11-21-10-23-25/h3-8,10-11,15H,9H2,1-2H3,(H,24,26). The molecule has 1 atom stereocenters. The molecular formula is C19H18FN5O2. The normalized spacial score (nSPS) is 17.7. The third kappa shape index (κ3) is 3.38. The Morgan fingerprint density at radius 3 is 3.00 bits per heavy atom. The number of nitrogens with one attached hydrogen (secondary N) is 1. The van der Waals surface area contributed by atoms with Crippen LogP contribution in [-0.4, -0.2) is 31.3 Å². The van der Waals surface area contributed by atoms with Gasteiger partial charge in [-0.1, -0.05) is 6.07 Å². The first-order valence-corrected chi connectivity index (χ1v) is 8.52. The number of halogens is 1. The fourth-order valence-corrected chi connectivity index (χ4v) is 3.26. The van der Waals surface area contributed by atoms with Crippen molar-refractivity contribution < 1.29 is 13.9 Å². The van der Waals surface area contributed by atoms with Gasteiger partial charge >= 0.3 is 0 Å². The molecular weight excluding hydrogens is 349 g/mol. The summed E-state index contributed by atoms with van der Waals surface area (Å²) in [5.74, 6) is 0.154. The predicted molar refractivity (Wildman–Crippen MR) is 95.1 cm³/mol. The molecule has 0 bridgehead atoms. The van der Waals surface area contributed by atoms with Crippen LogP contribution in [0.15, 0.2) is 49.2 Å². The van der Waals surface area contributed by atoms with E-state index in [9.17, 15) is 9.18 Å². The molecule has 0 aliphatic carbocycles. The summed E-state index contributed by atoms with van der Waals surface area (Å²) in [6.45, 7) is 3.82. The molecule has 2 aromatic heterocycles. The van der Waals surface area contributed by atoms with E-state index in [2.05, 4.69) is 20.4 Å². The Bertz CT molecular complexity index is 988. The van der Waals surface area contributed by atoms with Crippen LogP contribution >= 0.6 is 0 Å². The van der Waals surface area contributed by atoms with E-state index in [4.69, 9.17) is 4.74 Å². The van der Waals surface area contributed by atoms with Crippen LogP contribution in [0.25, 0.3) is 5.82 Å². The van der Waals surface area contributed by atoms with E-state index in [1.165, 1.54) is 29.5 Å². The molecule has 0 saturated heterocycles. The quantitative estimate of drug-likeness (QED) is 0.770. The van der Waals surface area contributed by atoms with Crippen molar-refractivity contribution in [1.82, 2.24) is 25.1 Å². The number of benzene rings is 1. The van der Waals surface area contributed by atoms with Gasteiger partial charge in [-0.3, -0.25) is 4.79 Å². The summed E-state index contributed by atoms with van der Waals surface area (Å²) in [7, 11) is 0. The lowest BCUT2D eigenvalue weighted by atomic mass is 9.89. The van der Waals surface area contributed by atoms with Crippen LogP contribution in [0.2, 0.25) is 0 Å². The van der Waals surface area contributed by atoms with Gasteiger partial charge in [-0.25, -0.2) is 19.0 Å². The van der Waals surface area contributed by atoms with E-state index in [0.717, 1.165) is 5.56 Å². The molecule has 3 aromatic rings. The van der Waals surface area contributed by atoms with Crippen molar-refractivity contribution in [2.75, 3.05) is 0 Å². The van der Waals surface area contributed by atoms with Gasteiger partial charge in [0.05, 0.1) is 11.6 Å². The summed E-state index contributed by atoms with van der Waals surface area (Å²) in [5, 5.41) is 7.07. The number of pyridine rings is 1. The molecule has 0 saturated carbocycles. The number of carbonyl (C=O) groups is 1. The summed E-state index contributed by atoms with van der Waals surface area (Å²) in [4.78, 5) is 21.1. The highest BCUT2D eigenvalue weighted by molar-refractivity contribution is 5.97. The maximum Gasteiger partial charge on any atom is 0.255 e. The minimum atomic E-state index is -0.539. The Morgan fingerprint density at radius 2 is 2.22 bits per heavy atom. The zero-order valence-corrected chi connectivity index (χ0v) is 14.9. The molecule has 1 unspecified atom stereocenters. The predicted octanol–water partition coefficient (Wildman–Crippen LogP) is 2.83. The summed E-state index contributed by atoms with van der Waals surface area (Å²) < 4.78 is 20.9. The molecule has 0 radical (unpaired) electrons. The molecule has 1 aliphatic heterocycles. The number of carbonyl (C=O) groups excluding carboxylic acids is 1. The van der Waals surface area contributed by atoms with Gasteiger partial charge in [-0.05, 0) is 32.0 Å². The van der Waals surface area contributed by atoms with Crippen LogP contribution in [0, 0.1) is 5.82 Å². The van der Waals surface area contributed by atoms with Gasteiger partial charge in [-0.2, -0.15) is 5.10 Å². The van der Waals surface area contributed by atoms with Crippen LogP contribution in [0.3, 0.4) is 0 Å². The number of ether oxygens (including phenoxy) is 1. The maximum atomic E-state index is 13.6. The summed E-state index contributed by atoms with van der Waals surface area (Å²) in [6, 6.07) is 7.40. The van der Waals surface area contributed by atoms with Crippen molar-refractivity contribution in [1.29, 1.82) is 0 Å². The SMILES string of the molecule is CC1(C)CC(NC(=O)c2cccnc2-n2cncn2)c2ccc(F)cc2O1. The number of hydrogen-bond acceptors (Lipinski definition) is 5. The summed E-state index contributed by atoms with van der Waals surface area (Å²) in [5.41, 5.74) is 0.578. The molecule has 0 spiro atoms. The topological polar surface area (TPSA) is 81.9 Å². The Morgan fingerprint density at radius 1 is 1.37 bits per heavy atom. The smallest absolute Gasteiger partial charge is 0.255 e. The minimum absolute atomic E-state index is 0.299. The fourth-order valence-electron chi connectivity index (χ4n) is 3.26. The third-order valence-corrected chi connectivity index (χ3v) is 4.41. The highest BCUT2D eigenvalue weighted by atomic mass is 19.1. The average molecular weight is 367 g/mol. The lowest BCUT2D eigenvalue weighted by Gasteiger charge is -2.38. The Hall–Kier alpha value is -3.29. The lowest BCUT2D eigenvalue weighted by molar-refractivity contribution is 0.0616. The minimum Gasteiger partial charge on any atom is -0.487 e. The molecule has 3 heterocycles. The second-order valence-corrected chi connectivity index (χ2v) is 6.99. The van der Waals surface area contributed by atoms with Crippen LogP contribution in [0.5, 0.6) is 5.75 Å². The Balaban J connectivity index is 1.67. The van der Waals surface area contributed by atoms with Crippen LogP contribution in [0.4, 0.5) is 4.39 Å². The van der Waals surface area contributed by atoms with E-state index < -0.39 is 5.60 Å². The van der Waals surface area contributed by atoms with Gasteiger partial charge < -0.3 is 10.1 Å². The number of rotatable bonds is 3. The van der Waals surface area contributed by atoms with Crippen LogP contribution < -0.4 is 10.1 Å². The molecule has 1 N–H and O–H groups in total. The number of aromatic nitrogens is 4. The summed E-state index contributed by atoms with van der Waals surface area (Å²) in [6.07, 6.45) is 5.00. The van der Waals surface area contributed by atoms with Gasteiger partial charge in [0.15, 0.2) is 5.82 Å². The number of nitrogens with zero attached hydrogens (tertiary/aromatic N) is 4. The van der Waals surface area contributed by atoms with Crippen molar-refractivity contribution in [3.8, 4) is 11.6 Å². The third-order valence-electron chi connectivity index (χ3n) is 4.41.